The van der Waals surface area contributed by atoms with Gasteiger partial charge < -0.3 is 44.9 Å². The van der Waals surface area contributed by atoms with E-state index in [9.17, 15) is 50.3 Å². The molecule has 18 nitrogen and oxygen atoms in total. The molecule has 6 aromatic rings. The first-order valence-corrected chi connectivity index (χ1v) is 24.8. The lowest BCUT2D eigenvalue weighted by molar-refractivity contribution is -0.156. The molecular weight excluding hydrogens is 1080 g/mol. The second kappa shape index (κ2) is 24.9. The van der Waals surface area contributed by atoms with Crippen molar-refractivity contribution in [1.29, 1.82) is 0 Å². The minimum atomic E-state index is -4.62. The number of esters is 1. The minimum absolute atomic E-state index is 0. The van der Waals surface area contributed by atoms with Crippen molar-refractivity contribution in [3.8, 4) is 22.9 Å². The second-order valence-electron chi connectivity index (χ2n) is 20.4. The summed E-state index contributed by atoms with van der Waals surface area (Å²) >= 11 is 0. The quantitative estimate of drug-likeness (QED) is 0.0645. The van der Waals surface area contributed by atoms with E-state index < -0.39 is 89.7 Å². The van der Waals surface area contributed by atoms with Crippen molar-refractivity contribution >= 4 is 53.6 Å². The fraction of sp³-hybridized carbons (Fsp3) is 0.364. The van der Waals surface area contributed by atoms with Crippen LogP contribution in [0.1, 0.15) is 88.3 Å². The average molecular weight is 1140 g/mol. The van der Waals surface area contributed by atoms with E-state index in [-0.39, 0.29) is 54.9 Å². The molecule has 0 aliphatic carbocycles. The number of carboxylic acids is 1. The molecular formula is C55H59ClF6N8O10. The monoisotopic (exact) mass is 1140 g/mol. The van der Waals surface area contributed by atoms with Crippen LogP contribution < -0.4 is 30.3 Å². The highest BCUT2D eigenvalue weighted by Gasteiger charge is 2.39. The molecule has 4 heterocycles. The molecule has 0 bridgehead atoms. The zero-order chi connectivity index (χ0) is 57.6. The number of ether oxygens (including phenoxy) is 4. The molecule has 8 rings (SSSR count). The Morgan fingerprint density at radius 2 is 1.04 bits per heavy atom. The van der Waals surface area contributed by atoms with Gasteiger partial charge in [0.1, 0.15) is 64.7 Å². The van der Waals surface area contributed by atoms with Crippen LogP contribution in [0, 0.1) is 0 Å². The summed E-state index contributed by atoms with van der Waals surface area (Å²) in [6.07, 6.45) is -9.98. The van der Waals surface area contributed by atoms with Gasteiger partial charge in [-0.25, -0.2) is 14.2 Å². The molecule has 2 aromatic heterocycles. The number of hydrogen-bond donors (Lipinski definition) is 3. The number of benzene rings is 4. The summed E-state index contributed by atoms with van der Waals surface area (Å²) in [6.45, 7) is 10.3. The lowest BCUT2D eigenvalue weighted by Crippen LogP contribution is -2.50. The Labute approximate surface area is 462 Å². The predicted molar refractivity (Wildman–Crippen MR) is 282 cm³/mol. The van der Waals surface area contributed by atoms with Gasteiger partial charge in [-0.3, -0.25) is 19.2 Å². The number of hydrogen-bond acceptors (Lipinski definition) is 12. The molecule has 2 aliphatic heterocycles. The zero-order valence-electron chi connectivity index (χ0n) is 44.3. The Balaban J connectivity index is 0.000000264. The molecule has 428 valence electrons. The number of nitrogens with zero attached hydrogens (tertiary/aromatic N) is 6. The lowest BCUT2D eigenvalue weighted by Gasteiger charge is -2.27. The van der Waals surface area contributed by atoms with Crippen LogP contribution in [0.5, 0.6) is 11.5 Å². The van der Waals surface area contributed by atoms with Gasteiger partial charge in [0, 0.05) is 24.5 Å². The fourth-order valence-corrected chi connectivity index (χ4v) is 8.51. The van der Waals surface area contributed by atoms with Gasteiger partial charge >= 0.3 is 30.4 Å². The number of carboxylic acid groups (broad SMARTS) is 1. The Morgan fingerprint density at radius 3 is 1.44 bits per heavy atom. The first-order valence-electron chi connectivity index (χ1n) is 24.8. The van der Waals surface area contributed by atoms with E-state index in [2.05, 4.69) is 15.5 Å². The van der Waals surface area contributed by atoms with Crippen LogP contribution in [-0.4, -0.2) is 90.9 Å². The van der Waals surface area contributed by atoms with Crippen molar-refractivity contribution in [2.24, 2.45) is 5.73 Å². The van der Waals surface area contributed by atoms with Crippen molar-refractivity contribution in [2.75, 3.05) is 22.9 Å². The third-order valence-corrected chi connectivity index (χ3v) is 11.8. The summed E-state index contributed by atoms with van der Waals surface area (Å²) in [5.74, 6) is -2.05. The number of alkyl halides is 6. The van der Waals surface area contributed by atoms with Gasteiger partial charge in [-0.05, 0) is 138 Å². The van der Waals surface area contributed by atoms with E-state index in [1.54, 1.807) is 114 Å². The number of nitrogens with two attached hydrogens (primary N) is 1. The number of aliphatic carboxylic acids is 1. The summed E-state index contributed by atoms with van der Waals surface area (Å²) in [6, 6.07) is 25.4. The molecule has 0 fully saturated rings. The van der Waals surface area contributed by atoms with E-state index in [4.69, 9.17) is 29.8 Å². The van der Waals surface area contributed by atoms with Crippen molar-refractivity contribution in [3.63, 3.8) is 0 Å². The minimum Gasteiger partial charge on any atom is -0.487 e. The predicted octanol–water partition coefficient (Wildman–Crippen LogP) is 9.57. The molecule has 80 heavy (non-hydrogen) atoms. The van der Waals surface area contributed by atoms with Gasteiger partial charge in [-0.2, -0.15) is 36.5 Å². The van der Waals surface area contributed by atoms with Gasteiger partial charge in [0.2, 0.25) is 11.8 Å². The van der Waals surface area contributed by atoms with Crippen LogP contribution in [0.3, 0.4) is 0 Å². The highest BCUT2D eigenvalue weighted by Crippen LogP contribution is 2.36. The van der Waals surface area contributed by atoms with Crippen molar-refractivity contribution < 1.29 is 74.4 Å². The number of amides is 3. The standard InChI is InChI=1S/C32H37F3N4O6.C23H21F3N4O4.ClH/c1-30(2,3)44-27(40)18-24(36-29(42)45-31(4,5)6)28(41)38-15-14-20-16-23(12-13-25(20)38)43-19-21-17-26(32(33,34)35)39(37-21)22-10-8-7-9-11-22;24-23(25,26)20-11-15(28-30(20)16-4-2-1-3-5-16)13-34-17-6-7-19-14(10-17)8-9-29(19)22(33)18(27)12-21(31)32;/h7-13,16-17,24H,14-15,18-19H2,1-6H3,(H,36,42);1-7,10-11,18H,8-9,12-13,27H2,(H,31,32);1H/t24-;18-;/m11./s1. The number of rotatable bonds is 15. The number of aromatic nitrogens is 4. The molecule has 3 amide bonds. The largest absolute Gasteiger partial charge is 0.487 e. The van der Waals surface area contributed by atoms with Crippen LogP contribution in [-0.2, 0) is 67.1 Å². The van der Waals surface area contributed by atoms with Gasteiger partial charge in [0.25, 0.3) is 0 Å². The number of fused-ring (bicyclic) bond motifs is 2. The molecule has 2 atom stereocenters. The number of anilines is 2. The maximum atomic E-state index is 13.7. The maximum Gasteiger partial charge on any atom is 0.433 e. The van der Waals surface area contributed by atoms with Gasteiger partial charge in [-0.15, -0.1) is 12.4 Å². The summed E-state index contributed by atoms with van der Waals surface area (Å²) in [5.41, 5.74) is 5.70. The molecule has 0 unspecified atom stereocenters. The molecule has 4 N–H and O–H groups in total. The van der Waals surface area contributed by atoms with Gasteiger partial charge in [-0.1, -0.05) is 36.4 Å². The number of nitrogens with one attached hydrogen (secondary N) is 1. The SMILES string of the molecule is CC(C)(C)OC(=O)C[C@@H](NC(=O)OC(C)(C)C)C(=O)N1CCc2cc(OCc3cc(C(F)(F)F)n(-c4ccccc4)n3)ccc21.Cl.N[C@H](CC(=O)O)C(=O)N1CCc2cc(OCc3cc(C(F)(F)F)n(-c4ccccc4)n3)ccc21. The first kappa shape index (κ1) is 61.1. The average Bonchev–Trinajstić information content (AvgIpc) is 4.29. The van der Waals surface area contributed by atoms with E-state index in [1.165, 1.54) is 34.1 Å². The fourth-order valence-electron chi connectivity index (χ4n) is 8.51. The van der Waals surface area contributed by atoms with Crippen LogP contribution in [0.25, 0.3) is 11.4 Å². The van der Waals surface area contributed by atoms with E-state index in [0.717, 1.165) is 32.6 Å². The van der Waals surface area contributed by atoms with E-state index in [0.29, 0.717) is 42.3 Å². The van der Waals surface area contributed by atoms with Crippen LogP contribution in [0.4, 0.5) is 42.5 Å². The topological polar surface area (TPSA) is 223 Å². The summed E-state index contributed by atoms with van der Waals surface area (Å²) in [4.78, 5) is 65.0. The van der Waals surface area contributed by atoms with Crippen LogP contribution in [0.2, 0.25) is 0 Å². The van der Waals surface area contributed by atoms with Crippen molar-refractivity contribution in [1.82, 2.24) is 24.9 Å². The highest BCUT2D eigenvalue weighted by atomic mass is 35.5. The normalized spacial score (nSPS) is 13.9. The lowest BCUT2D eigenvalue weighted by atomic mass is 10.1. The molecule has 0 radical (unpaired) electrons. The number of carbonyl (C=O) groups excluding carboxylic acids is 4. The van der Waals surface area contributed by atoms with Crippen molar-refractivity contribution in [2.45, 2.75) is 116 Å². The summed E-state index contributed by atoms with van der Waals surface area (Å²) < 4.78 is 106. The first-order chi connectivity index (χ1) is 37.0. The zero-order valence-corrected chi connectivity index (χ0v) is 45.1. The molecule has 0 spiro atoms. The molecule has 2 aliphatic rings. The number of alkyl carbamates (subject to hydrolysis) is 1. The Kier molecular flexibility index (Phi) is 19.0. The molecule has 25 heteroatoms. The molecule has 4 aromatic carbocycles. The van der Waals surface area contributed by atoms with Gasteiger partial charge in [0.05, 0.1) is 30.3 Å². The number of carbonyl (C=O) groups is 5. The van der Waals surface area contributed by atoms with E-state index in [1.807, 2.05) is 0 Å². The number of para-hydroxylation sites is 2. The third-order valence-electron chi connectivity index (χ3n) is 11.8. The van der Waals surface area contributed by atoms with E-state index >= 15 is 0 Å². The van der Waals surface area contributed by atoms with Gasteiger partial charge in [0.15, 0.2) is 0 Å². The van der Waals surface area contributed by atoms with Crippen molar-refractivity contribution in [3.05, 3.63) is 143 Å². The van der Waals surface area contributed by atoms with Crippen LogP contribution in [0.15, 0.2) is 109 Å². The smallest absolute Gasteiger partial charge is 0.433 e. The molecule has 0 saturated heterocycles. The Bertz CT molecular complexity index is 3150. The molecule has 0 saturated carbocycles. The third kappa shape index (κ3) is 16.0. The summed E-state index contributed by atoms with van der Waals surface area (Å²) in [7, 11) is 0. The maximum absolute atomic E-state index is 13.7. The summed E-state index contributed by atoms with van der Waals surface area (Å²) in [5, 5.41) is 19.5. The second-order valence-corrected chi connectivity index (χ2v) is 20.4. The Morgan fingerprint density at radius 1 is 0.613 bits per heavy atom. The Hall–Kier alpha value is -8.12. The highest BCUT2D eigenvalue weighted by molar-refractivity contribution is 6.02. The van der Waals surface area contributed by atoms with Crippen LogP contribution >= 0.6 is 12.4 Å². The number of halogens is 7.